The van der Waals surface area contributed by atoms with Crippen LogP contribution in [0.4, 0.5) is 4.79 Å². The Morgan fingerprint density at radius 2 is 2.07 bits per heavy atom. The third-order valence-corrected chi connectivity index (χ3v) is 5.77. The molecule has 4 rings (SSSR count). The third-order valence-electron chi connectivity index (χ3n) is 5.77. The second kappa shape index (κ2) is 7.00. The molecule has 28 heavy (non-hydrogen) atoms. The Bertz CT molecular complexity index is 891. The number of nitrogens with zero attached hydrogens (tertiary/aromatic N) is 2. The number of aromatic nitrogens is 2. The van der Waals surface area contributed by atoms with E-state index in [0.717, 1.165) is 36.3 Å². The average Bonchev–Trinajstić information content (AvgIpc) is 3.10. The van der Waals surface area contributed by atoms with Crippen molar-refractivity contribution in [2.45, 2.75) is 38.3 Å². The van der Waals surface area contributed by atoms with Crippen molar-refractivity contribution in [2.24, 2.45) is 5.41 Å². The molecule has 1 aromatic carbocycles. The quantitative estimate of drug-likeness (QED) is 0.793. The highest BCUT2D eigenvalue weighted by atomic mass is 16.5. The minimum absolute atomic E-state index is 0.121. The number of hydrogen-bond donors (Lipinski definition) is 2. The SMILES string of the molecule is [B]c1ccc(-c2cnc([C@H]3CC4(CC4)CN3C(=O)[C@@H](C)NC(=O)OC)[nH]2)cc1. The topological polar surface area (TPSA) is 87.3 Å². The van der Waals surface area contributed by atoms with Crippen molar-refractivity contribution in [1.29, 1.82) is 0 Å². The molecule has 2 heterocycles. The number of rotatable bonds is 4. The number of carbonyl (C=O) groups is 2. The van der Waals surface area contributed by atoms with E-state index >= 15 is 0 Å². The first-order chi connectivity index (χ1) is 13.4. The Kier molecular flexibility index (Phi) is 4.65. The van der Waals surface area contributed by atoms with Crippen molar-refractivity contribution in [1.82, 2.24) is 20.2 Å². The van der Waals surface area contributed by atoms with E-state index in [0.29, 0.717) is 12.0 Å². The zero-order valence-electron chi connectivity index (χ0n) is 16.1. The molecular weight excluding hydrogens is 355 g/mol. The highest BCUT2D eigenvalue weighted by molar-refractivity contribution is 6.32. The third kappa shape index (κ3) is 3.51. The molecule has 2 aromatic rings. The van der Waals surface area contributed by atoms with E-state index in [4.69, 9.17) is 7.85 Å². The largest absolute Gasteiger partial charge is 0.453 e. The highest BCUT2D eigenvalue weighted by Gasteiger charge is 2.54. The number of alkyl carbamates (subject to hydrolysis) is 1. The number of nitrogens with one attached hydrogen (secondary N) is 2. The first-order valence-electron chi connectivity index (χ1n) is 9.47. The van der Waals surface area contributed by atoms with Gasteiger partial charge in [0.2, 0.25) is 5.91 Å². The summed E-state index contributed by atoms with van der Waals surface area (Å²) in [6.45, 7) is 2.37. The molecule has 2 fully saturated rings. The van der Waals surface area contributed by atoms with Gasteiger partial charge in [-0.2, -0.15) is 0 Å². The van der Waals surface area contributed by atoms with Crippen molar-refractivity contribution in [3.05, 3.63) is 36.3 Å². The van der Waals surface area contributed by atoms with E-state index in [9.17, 15) is 9.59 Å². The van der Waals surface area contributed by atoms with Crippen molar-refractivity contribution in [3.8, 4) is 11.3 Å². The molecule has 1 spiro atoms. The summed E-state index contributed by atoms with van der Waals surface area (Å²) in [5.41, 5.74) is 2.78. The van der Waals surface area contributed by atoms with Crippen molar-refractivity contribution in [3.63, 3.8) is 0 Å². The fourth-order valence-electron chi connectivity index (χ4n) is 3.93. The Morgan fingerprint density at radius 3 is 2.71 bits per heavy atom. The number of benzene rings is 1. The molecule has 2 aliphatic rings. The van der Waals surface area contributed by atoms with Gasteiger partial charge >= 0.3 is 6.09 Å². The summed E-state index contributed by atoms with van der Waals surface area (Å²) >= 11 is 0. The summed E-state index contributed by atoms with van der Waals surface area (Å²) in [5.74, 6) is 0.652. The van der Waals surface area contributed by atoms with Crippen LogP contribution in [0.25, 0.3) is 11.3 Å². The maximum atomic E-state index is 13.0. The predicted molar refractivity (Wildman–Crippen MR) is 105 cm³/mol. The van der Waals surface area contributed by atoms with E-state index in [1.165, 1.54) is 7.11 Å². The van der Waals surface area contributed by atoms with Crippen LogP contribution in [0.3, 0.4) is 0 Å². The van der Waals surface area contributed by atoms with Crippen LogP contribution in [-0.2, 0) is 9.53 Å². The lowest BCUT2D eigenvalue weighted by Crippen LogP contribution is -2.47. The second-order valence-electron chi connectivity index (χ2n) is 7.85. The lowest BCUT2D eigenvalue weighted by Gasteiger charge is -2.26. The van der Waals surface area contributed by atoms with Gasteiger partial charge in [0.15, 0.2) is 0 Å². The van der Waals surface area contributed by atoms with Crippen LogP contribution in [0, 0.1) is 5.41 Å². The summed E-state index contributed by atoms with van der Waals surface area (Å²) in [7, 11) is 7.05. The molecular formula is C20H23BN4O3. The number of carbonyl (C=O) groups excluding carboxylic acids is 2. The molecule has 1 saturated heterocycles. The molecule has 2 N–H and O–H groups in total. The zero-order valence-corrected chi connectivity index (χ0v) is 16.1. The number of imidazole rings is 1. The van der Waals surface area contributed by atoms with Gasteiger partial charge in [0.05, 0.1) is 25.0 Å². The fourth-order valence-corrected chi connectivity index (χ4v) is 3.93. The van der Waals surface area contributed by atoms with Gasteiger partial charge in [-0.05, 0) is 37.2 Å². The molecule has 1 aliphatic carbocycles. The number of hydrogen-bond acceptors (Lipinski definition) is 4. The van der Waals surface area contributed by atoms with Crippen LogP contribution >= 0.6 is 0 Å². The van der Waals surface area contributed by atoms with Crippen LogP contribution in [0.2, 0.25) is 0 Å². The van der Waals surface area contributed by atoms with E-state index in [1.807, 2.05) is 29.2 Å². The first-order valence-corrected chi connectivity index (χ1v) is 9.47. The average molecular weight is 378 g/mol. The monoisotopic (exact) mass is 378 g/mol. The minimum Gasteiger partial charge on any atom is -0.453 e. The molecule has 0 unspecified atom stereocenters. The summed E-state index contributed by atoms with van der Waals surface area (Å²) in [4.78, 5) is 34.3. The predicted octanol–water partition coefficient (Wildman–Crippen LogP) is 1.67. The lowest BCUT2D eigenvalue weighted by molar-refractivity contribution is -0.134. The molecule has 2 atom stereocenters. The summed E-state index contributed by atoms with van der Waals surface area (Å²) in [6, 6.07) is 6.79. The Labute approximate surface area is 165 Å². The van der Waals surface area contributed by atoms with E-state index < -0.39 is 12.1 Å². The molecule has 2 radical (unpaired) electrons. The zero-order chi connectivity index (χ0) is 19.9. The van der Waals surface area contributed by atoms with Crippen molar-refractivity contribution >= 4 is 25.3 Å². The Hall–Kier alpha value is -2.77. The van der Waals surface area contributed by atoms with Gasteiger partial charge in [-0.3, -0.25) is 4.79 Å². The molecule has 2 amide bonds. The van der Waals surface area contributed by atoms with Gasteiger partial charge in [0.25, 0.3) is 0 Å². The number of likely N-dealkylation sites (tertiary alicyclic amines) is 1. The molecule has 8 heteroatoms. The van der Waals surface area contributed by atoms with Crippen LogP contribution in [-0.4, -0.2) is 54.4 Å². The number of H-pyrrole nitrogens is 1. The van der Waals surface area contributed by atoms with Crippen LogP contribution in [0.1, 0.15) is 38.1 Å². The lowest BCUT2D eigenvalue weighted by atomic mass is 9.95. The number of methoxy groups -OCH3 is 1. The standard InChI is InChI=1S/C20H23BN4O3/c1-12(23-19(27)28-2)18(26)25-11-20(7-8-20)9-16(25)17-22-10-15(24-17)13-3-5-14(21)6-4-13/h3-6,10,12,16H,7-9,11H2,1-2H3,(H,22,24)(H,23,27)/t12-,16-/m1/s1. The van der Waals surface area contributed by atoms with E-state index in [-0.39, 0.29) is 17.4 Å². The Morgan fingerprint density at radius 1 is 1.36 bits per heavy atom. The molecule has 7 nitrogen and oxygen atoms in total. The van der Waals surface area contributed by atoms with Gasteiger partial charge < -0.3 is 19.9 Å². The molecule has 0 bridgehead atoms. The van der Waals surface area contributed by atoms with Gasteiger partial charge in [0, 0.05) is 6.54 Å². The maximum Gasteiger partial charge on any atom is 0.407 e. The van der Waals surface area contributed by atoms with Crippen molar-refractivity contribution in [2.75, 3.05) is 13.7 Å². The van der Waals surface area contributed by atoms with E-state index in [2.05, 4.69) is 20.0 Å². The number of aromatic amines is 1. The number of amides is 2. The molecule has 1 aromatic heterocycles. The second-order valence-corrected chi connectivity index (χ2v) is 7.85. The number of ether oxygens (including phenoxy) is 1. The summed E-state index contributed by atoms with van der Waals surface area (Å²) in [5, 5.41) is 2.57. The first kappa shape index (κ1) is 18.6. The van der Waals surface area contributed by atoms with Gasteiger partial charge in [-0.1, -0.05) is 29.7 Å². The van der Waals surface area contributed by atoms with E-state index in [1.54, 1.807) is 13.1 Å². The van der Waals surface area contributed by atoms with Gasteiger partial charge in [0.1, 0.15) is 19.7 Å². The van der Waals surface area contributed by atoms with Crippen LogP contribution in [0.15, 0.2) is 30.5 Å². The minimum atomic E-state index is -0.657. The fraction of sp³-hybridized carbons (Fsp3) is 0.450. The van der Waals surface area contributed by atoms with Gasteiger partial charge in [-0.25, -0.2) is 9.78 Å². The maximum absolute atomic E-state index is 13.0. The summed E-state index contributed by atoms with van der Waals surface area (Å²) in [6.07, 6.45) is 4.31. The summed E-state index contributed by atoms with van der Waals surface area (Å²) < 4.78 is 4.61. The van der Waals surface area contributed by atoms with Gasteiger partial charge in [-0.15, -0.1) is 0 Å². The highest BCUT2D eigenvalue weighted by Crippen LogP contribution is 2.58. The van der Waals surface area contributed by atoms with Crippen molar-refractivity contribution < 1.29 is 14.3 Å². The smallest absolute Gasteiger partial charge is 0.407 e. The molecule has 144 valence electrons. The molecule has 1 aliphatic heterocycles. The Balaban J connectivity index is 1.56. The van der Waals surface area contributed by atoms with Crippen LogP contribution < -0.4 is 10.8 Å². The van der Waals surface area contributed by atoms with Crippen LogP contribution in [0.5, 0.6) is 0 Å². The molecule has 1 saturated carbocycles. The normalized spacial score (nSPS) is 20.8.